The van der Waals surface area contributed by atoms with Crippen LogP contribution in [0.25, 0.3) is 0 Å². The van der Waals surface area contributed by atoms with Gasteiger partial charge >= 0.3 is 0 Å². The van der Waals surface area contributed by atoms with Crippen molar-refractivity contribution in [1.82, 2.24) is 0 Å². The van der Waals surface area contributed by atoms with E-state index in [1.54, 1.807) is 4.90 Å². The molecule has 1 amide bonds. The van der Waals surface area contributed by atoms with Crippen molar-refractivity contribution in [3.63, 3.8) is 0 Å². The number of hydrogen-bond donors (Lipinski definition) is 3. The van der Waals surface area contributed by atoms with Gasteiger partial charge in [-0.2, -0.15) is 0 Å². The summed E-state index contributed by atoms with van der Waals surface area (Å²) in [7, 11) is 0. The first-order valence-corrected chi connectivity index (χ1v) is 9.59. The molecule has 2 aliphatic heterocycles. The average Bonchev–Trinajstić information content (AvgIpc) is 2.68. The molecule has 0 spiro atoms. The number of quaternary nitrogens is 2. The summed E-state index contributed by atoms with van der Waals surface area (Å²) >= 11 is 0. The first-order valence-electron chi connectivity index (χ1n) is 9.59. The quantitative estimate of drug-likeness (QED) is 0.617. The van der Waals surface area contributed by atoms with Gasteiger partial charge in [-0.15, -0.1) is 0 Å². The van der Waals surface area contributed by atoms with Crippen LogP contribution in [0.15, 0.2) is 24.3 Å². The van der Waals surface area contributed by atoms with Crippen LogP contribution in [0.3, 0.4) is 0 Å². The fourth-order valence-electron chi connectivity index (χ4n) is 3.72. The molecule has 2 fully saturated rings. The highest BCUT2D eigenvalue weighted by atomic mass is 16.5. The molecule has 1 aromatic carbocycles. The zero-order valence-corrected chi connectivity index (χ0v) is 15.5. The Hall–Kier alpha value is -1.63. The largest absolute Gasteiger partial charge is 0.378 e. The number of hydrogen-bond acceptors (Lipinski definition) is 3. The molecule has 2 saturated heterocycles. The fraction of sp³-hybridized carbons (Fsp3) is 0.632. The second-order valence-electron chi connectivity index (χ2n) is 7.12. The van der Waals surface area contributed by atoms with Crippen molar-refractivity contribution in [3.05, 3.63) is 24.3 Å². The maximum absolute atomic E-state index is 12.6. The van der Waals surface area contributed by atoms with E-state index in [0.717, 1.165) is 58.2 Å². The first kappa shape index (κ1) is 18.2. The zero-order valence-electron chi connectivity index (χ0n) is 15.5. The minimum atomic E-state index is -0.00248. The third-order valence-corrected chi connectivity index (χ3v) is 5.62. The molecule has 0 saturated carbocycles. The second-order valence-corrected chi connectivity index (χ2v) is 7.12. The van der Waals surface area contributed by atoms with Gasteiger partial charge in [0.1, 0.15) is 26.2 Å². The number of piperazine rings is 1. The Bertz CT molecular complexity index is 549. The lowest BCUT2D eigenvalue weighted by molar-refractivity contribution is -1.02. The molecule has 0 aliphatic carbocycles. The molecular formula is C19H32N4O2+2. The van der Waals surface area contributed by atoms with E-state index in [-0.39, 0.29) is 11.9 Å². The highest BCUT2D eigenvalue weighted by molar-refractivity contribution is 5.93. The molecule has 0 bridgehead atoms. The standard InChI is InChI=1S/C19H30N4O2/c1-3-21-8-10-22(11-9-21)16(2)19(24)20-17-4-6-18(7-5-17)23-12-14-25-15-13-23/h4-7,16H,3,8-15H2,1-2H3,(H,20,24)/p+2/t16-/m1/s1. The van der Waals surface area contributed by atoms with Crippen LogP contribution >= 0.6 is 0 Å². The van der Waals surface area contributed by atoms with Gasteiger partial charge in [0.25, 0.3) is 5.91 Å². The van der Waals surface area contributed by atoms with Crippen molar-refractivity contribution in [2.75, 3.05) is 69.2 Å². The summed E-state index contributed by atoms with van der Waals surface area (Å²) in [5.41, 5.74) is 2.07. The second kappa shape index (κ2) is 8.65. The average molecular weight is 348 g/mol. The molecule has 138 valence electrons. The van der Waals surface area contributed by atoms with Crippen molar-refractivity contribution in [2.45, 2.75) is 19.9 Å². The summed E-state index contributed by atoms with van der Waals surface area (Å²) < 4.78 is 5.39. The van der Waals surface area contributed by atoms with E-state index in [1.807, 2.05) is 19.1 Å². The number of benzene rings is 1. The lowest BCUT2D eigenvalue weighted by atomic mass is 10.2. The summed E-state index contributed by atoms with van der Waals surface area (Å²) in [4.78, 5) is 18.0. The predicted molar refractivity (Wildman–Crippen MR) is 99.5 cm³/mol. The molecule has 3 rings (SSSR count). The molecule has 2 aliphatic rings. The zero-order chi connectivity index (χ0) is 17.6. The summed E-state index contributed by atoms with van der Waals surface area (Å²) in [6.45, 7) is 13.4. The first-order chi connectivity index (χ1) is 12.2. The Morgan fingerprint density at radius 1 is 1.16 bits per heavy atom. The highest BCUT2D eigenvalue weighted by Crippen LogP contribution is 2.19. The molecule has 0 aromatic heterocycles. The number of rotatable bonds is 5. The van der Waals surface area contributed by atoms with E-state index in [4.69, 9.17) is 4.74 Å². The number of nitrogens with zero attached hydrogens (tertiary/aromatic N) is 1. The van der Waals surface area contributed by atoms with Crippen LogP contribution in [0.5, 0.6) is 0 Å². The lowest BCUT2D eigenvalue weighted by Crippen LogP contribution is -3.29. The lowest BCUT2D eigenvalue weighted by Gasteiger charge is -2.32. The molecular weight excluding hydrogens is 316 g/mol. The number of nitrogens with one attached hydrogen (secondary N) is 3. The monoisotopic (exact) mass is 348 g/mol. The number of ether oxygens (including phenoxy) is 1. The van der Waals surface area contributed by atoms with Crippen LogP contribution in [-0.2, 0) is 9.53 Å². The van der Waals surface area contributed by atoms with E-state index in [1.165, 1.54) is 17.1 Å². The Morgan fingerprint density at radius 2 is 1.80 bits per heavy atom. The highest BCUT2D eigenvalue weighted by Gasteiger charge is 2.30. The van der Waals surface area contributed by atoms with Crippen molar-refractivity contribution >= 4 is 17.3 Å². The van der Waals surface area contributed by atoms with Crippen LogP contribution in [0.2, 0.25) is 0 Å². The smallest absolute Gasteiger partial charge is 0.282 e. The van der Waals surface area contributed by atoms with E-state index in [2.05, 4.69) is 29.3 Å². The van der Waals surface area contributed by atoms with Crippen molar-refractivity contribution in [3.8, 4) is 0 Å². The van der Waals surface area contributed by atoms with Gasteiger partial charge < -0.3 is 24.8 Å². The van der Waals surface area contributed by atoms with Crippen LogP contribution in [0.1, 0.15) is 13.8 Å². The molecule has 1 aromatic rings. The number of amides is 1. The molecule has 1 atom stereocenters. The Labute approximate surface area is 150 Å². The van der Waals surface area contributed by atoms with Gasteiger partial charge in [0.2, 0.25) is 0 Å². The number of carbonyl (C=O) groups is 1. The Kier molecular flexibility index (Phi) is 6.29. The molecule has 3 N–H and O–H groups in total. The molecule has 0 unspecified atom stereocenters. The number of anilines is 2. The fourth-order valence-corrected chi connectivity index (χ4v) is 3.72. The molecule has 2 heterocycles. The third kappa shape index (κ3) is 4.71. The Morgan fingerprint density at radius 3 is 2.40 bits per heavy atom. The van der Waals surface area contributed by atoms with E-state index >= 15 is 0 Å². The SMILES string of the molecule is CC[NH+]1CC[NH+]([C@H](C)C(=O)Nc2ccc(N3CCOCC3)cc2)CC1. The van der Waals surface area contributed by atoms with Crippen LogP contribution in [-0.4, -0.2) is 71.0 Å². The third-order valence-electron chi connectivity index (χ3n) is 5.62. The molecule has 6 nitrogen and oxygen atoms in total. The number of likely N-dealkylation sites (N-methyl/N-ethyl adjacent to an activating group) is 1. The molecule has 0 radical (unpaired) electrons. The van der Waals surface area contributed by atoms with Gasteiger partial charge in [-0.05, 0) is 38.1 Å². The van der Waals surface area contributed by atoms with Crippen LogP contribution in [0, 0.1) is 0 Å². The van der Waals surface area contributed by atoms with Crippen LogP contribution < -0.4 is 20.0 Å². The van der Waals surface area contributed by atoms with Crippen molar-refractivity contribution in [2.24, 2.45) is 0 Å². The minimum absolute atomic E-state index is 0.00248. The van der Waals surface area contributed by atoms with E-state index < -0.39 is 0 Å². The van der Waals surface area contributed by atoms with Gasteiger partial charge in [-0.3, -0.25) is 4.79 Å². The maximum Gasteiger partial charge on any atom is 0.282 e. The number of morpholine rings is 1. The molecule has 6 heteroatoms. The van der Waals surface area contributed by atoms with Gasteiger partial charge in [0.05, 0.1) is 19.8 Å². The van der Waals surface area contributed by atoms with Gasteiger partial charge in [0.15, 0.2) is 6.04 Å². The summed E-state index contributed by atoms with van der Waals surface area (Å²) in [6.07, 6.45) is 0. The number of carbonyl (C=O) groups excluding carboxylic acids is 1. The summed E-state index contributed by atoms with van der Waals surface area (Å²) in [5, 5.41) is 3.08. The van der Waals surface area contributed by atoms with E-state index in [0.29, 0.717) is 0 Å². The Balaban J connectivity index is 1.52. The summed E-state index contributed by atoms with van der Waals surface area (Å²) in [6, 6.07) is 8.18. The van der Waals surface area contributed by atoms with E-state index in [9.17, 15) is 4.79 Å². The normalized spacial score (nSPS) is 25.4. The maximum atomic E-state index is 12.6. The predicted octanol–water partition coefficient (Wildman–Crippen LogP) is -1.35. The van der Waals surface area contributed by atoms with Gasteiger partial charge in [-0.25, -0.2) is 0 Å². The van der Waals surface area contributed by atoms with Crippen molar-refractivity contribution in [1.29, 1.82) is 0 Å². The topological polar surface area (TPSA) is 50.5 Å². The minimum Gasteiger partial charge on any atom is -0.378 e. The summed E-state index contributed by atoms with van der Waals surface area (Å²) in [5.74, 6) is 0.120. The van der Waals surface area contributed by atoms with Crippen LogP contribution in [0.4, 0.5) is 11.4 Å². The van der Waals surface area contributed by atoms with Gasteiger partial charge in [0, 0.05) is 24.5 Å². The molecule has 25 heavy (non-hydrogen) atoms. The van der Waals surface area contributed by atoms with Gasteiger partial charge in [-0.1, -0.05) is 0 Å². The van der Waals surface area contributed by atoms with Crippen molar-refractivity contribution < 1.29 is 19.3 Å².